The van der Waals surface area contributed by atoms with Crippen LogP contribution in [0.5, 0.6) is 5.75 Å². The molecule has 1 saturated heterocycles. The second-order valence-electron chi connectivity index (χ2n) is 4.71. The van der Waals surface area contributed by atoms with Gasteiger partial charge in [-0.25, -0.2) is 4.90 Å². The fourth-order valence-electron chi connectivity index (χ4n) is 2.22. The van der Waals surface area contributed by atoms with E-state index in [2.05, 4.69) is 0 Å². The molecule has 1 heterocycles. The molecule has 0 N–H and O–H groups in total. The summed E-state index contributed by atoms with van der Waals surface area (Å²) in [7, 11) is 1.50. The van der Waals surface area contributed by atoms with Gasteiger partial charge < -0.3 is 4.74 Å². The van der Waals surface area contributed by atoms with Crippen molar-refractivity contribution in [3.05, 3.63) is 64.0 Å². The molecule has 2 aromatic carbocycles. The molecule has 2 amide bonds. The maximum atomic E-state index is 12.6. The van der Waals surface area contributed by atoms with E-state index in [-0.39, 0.29) is 11.1 Å². The summed E-state index contributed by atoms with van der Waals surface area (Å²) in [5.74, 6) is 0.0817. The lowest BCUT2D eigenvalue weighted by Gasteiger charge is -2.15. The van der Waals surface area contributed by atoms with E-state index in [4.69, 9.17) is 16.3 Å². The summed E-state index contributed by atoms with van der Waals surface area (Å²) >= 11 is 6.99. The third kappa shape index (κ3) is 2.98. The number of thioether (sulfide) groups is 1. The number of carbonyl (C=O) groups is 2. The third-order valence-corrected chi connectivity index (χ3v) is 4.53. The van der Waals surface area contributed by atoms with E-state index in [0.717, 1.165) is 16.7 Å². The number of halogens is 1. The van der Waals surface area contributed by atoms with Gasteiger partial charge in [0.05, 0.1) is 17.7 Å². The lowest BCUT2D eigenvalue weighted by molar-refractivity contribution is -0.113. The Hall–Kier alpha value is -2.24. The highest BCUT2D eigenvalue weighted by Gasteiger charge is 2.37. The molecule has 0 spiro atoms. The van der Waals surface area contributed by atoms with Gasteiger partial charge in [-0.1, -0.05) is 41.9 Å². The van der Waals surface area contributed by atoms with Crippen LogP contribution in [-0.2, 0) is 4.79 Å². The molecule has 0 bridgehead atoms. The first-order valence-electron chi connectivity index (χ1n) is 6.77. The van der Waals surface area contributed by atoms with E-state index in [1.165, 1.54) is 7.11 Å². The van der Waals surface area contributed by atoms with Crippen molar-refractivity contribution >= 4 is 46.3 Å². The Balaban J connectivity index is 1.99. The number of carbonyl (C=O) groups excluding carboxylic acids is 2. The van der Waals surface area contributed by atoms with Crippen molar-refractivity contribution in [2.75, 3.05) is 12.0 Å². The molecule has 0 saturated carbocycles. The Kier molecular flexibility index (Phi) is 4.41. The second-order valence-corrected chi connectivity index (χ2v) is 6.11. The zero-order valence-electron chi connectivity index (χ0n) is 12.2. The first-order valence-corrected chi connectivity index (χ1v) is 7.97. The molecule has 1 aliphatic heterocycles. The monoisotopic (exact) mass is 345 g/mol. The fourth-order valence-corrected chi connectivity index (χ4v) is 3.24. The van der Waals surface area contributed by atoms with Crippen molar-refractivity contribution in [1.82, 2.24) is 0 Å². The van der Waals surface area contributed by atoms with Crippen molar-refractivity contribution in [1.29, 1.82) is 0 Å². The van der Waals surface area contributed by atoms with Crippen LogP contribution in [0.25, 0.3) is 6.08 Å². The van der Waals surface area contributed by atoms with Gasteiger partial charge >= 0.3 is 0 Å². The van der Waals surface area contributed by atoms with Crippen LogP contribution in [0.15, 0.2) is 53.4 Å². The second kappa shape index (κ2) is 6.48. The van der Waals surface area contributed by atoms with Gasteiger partial charge in [0.15, 0.2) is 0 Å². The summed E-state index contributed by atoms with van der Waals surface area (Å²) in [4.78, 5) is 26.3. The van der Waals surface area contributed by atoms with E-state index in [1.54, 1.807) is 48.5 Å². The maximum absolute atomic E-state index is 12.6. The average Bonchev–Trinajstić information content (AvgIpc) is 2.83. The van der Waals surface area contributed by atoms with Crippen LogP contribution in [0.2, 0.25) is 5.02 Å². The van der Waals surface area contributed by atoms with Crippen LogP contribution in [-0.4, -0.2) is 18.3 Å². The van der Waals surface area contributed by atoms with E-state index in [0.29, 0.717) is 26.9 Å². The zero-order chi connectivity index (χ0) is 16.4. The number of ether oxygens (including phenoxy) is 1. The molecule has 1 aliphatic rings. The summed E-state index contributed by atoms with van der Waals surface area (Å²) < 4.78 is 5.23. The summed E-state index contributed by atoms with van der Waals surface area (Å²) in [6.45, 7) is 0. The molecule has 0 unspecified atom stereocenters. The normalized spacial score (nSPS) is 16.3. The third-order valence-electron chi connectivity index (χ3n) is 3.31. The predicted molar refractivity (Wildman–Crippen MR) is 92.9 cm³/mol. The van der Waals surface area contributed by atoms with E-state index in [1.807, 2.05) is 6.07 Å². The Labute approximate surface area is 142 Å². The molecule has 2 aromatic rings. The molecular weight excluding hydrogens is 334 g/mol. The van der Waals surface area contributed by atoms with Crippen molar-refractivity contribution in [2.24, 2.45) is 0 Å². The number of anilines is 1. The van der Waals surface area contributed by atoms with Crippen LogP contribution < -0.4 is 9.64 Å². The van der Waals surface area contributed by atoms with Crippen LogP contribution in [0.3, 0.4) is 0 Å². The number of benzene rings is 2. The number of para-hydroxylation sites is 2. The lowest BCUT2D eigenvalue weighted by Crippen LogP contribution is -2.28. The fraction of sp³-hybridized carbons (Fsp3) is 0.0588. The first-order chi connectivity index (χ1) is 11.1. The summed E-state index contributed by atoms with van der Waals surface area (Å²) in [5.41, 5.74) is 1.12. The SMILES string of the molecule is COc1ccccc1N1C(=O)S/C(=C\c2ccccc2Cl)C1=O. The highest BCUT2D eigenvalue weighted by Crippen LogP contribution is 2.39. The number of hydrogen-bond donors (Lipinski definition) is 0. The van der Waals surface area contributed by atoms with Gasteiger partial charge in [0.1, 0.15) is 5.75 Å². The van der Waals surface area contributed by atoms with Crippen molar-refractivity contribution in [3.63, 3.8) is 0 Å². The van der Waals surface area contributed by atoms with Gasteiger partial charge in [-0.2, -0.15) is 0 Å². The molecule has 23 heavy (non-hydrogen) atoms. The smallest absolute Gasteiger partial charge is 0.298 e. The van der Waals surface area contributed by atoms with E-state index >= 15 is 0 Å². The van der Waals surface area contributed by atoms with Crippen molar-refractivity contribution in [3.8, 4) is 5.75 Å². The quantitative estimate of drug-likeness (QED) is 0.763. The Bertz CT molecular complexity index is 819. The molecule has 6 heteroatoms. The summed E-state index contributed by atoms with van der Waals surface area (Å²) in [6, 6.07) is 14.1. The number of amides is 2. The summed E-state index contributed by atoms with van der Waals surface area (Å²) in [6.07, 6.45) is 1.63. The first kappa shape index (κ1) is 15.6. The van der Waals surface area contributed by atoms with E-state index < -0.39 is 0 Å². The molecule has 116 valence electrons. The Morgan fingerprint density at radius 1 is 1.09 bits per heavy atom. The van der Waals surface area contributed by atoms with Gasteiger partial charge in [-0.15, -0.1) is 0 Å². The number of methoxy groups -OCH3 is 1. The standard InChI is InChI=1S/C17H12ClNO3S/c1-22-14-9-5-4-8-13(14)19-16(20)15(23-17(19)21)10-11-6-2-3-7-12(11)18/h2-10H,1H3/b15-10-. The lowest BCUT2D eigenvalue weighted by atomic mass is 10.2. The minimum absolute atomic E-state index is 0.328. The van der Waals surface area contributed by atoms with Gasteiger partial charge in [0.2, 0.25) is 0 Å². The number of nitrogens with zero attached hydrogens (tertiary/aromatic N) is 1. The molecular formula is C17H12ClNO3S. The van der Waals surface area contributed by atoms with Crippen LogP contribution in [0.4, 0.5) is 10.5 Å². The largest absolute Gasteiger partial charge is 0.495 e. The molecule has 3 rings (SSSR count). The molecule has 1 fully saturated rings. The predicted octanol–water partition coefficient (Wildman–Crippen LogP) is 4.59. The minimum atomic E-state index is -0.385. The topological polar surface area (TPSA) is 46.6 Å². The highest BCUT2D eigenvalue weighted by atomic mass is 35.5. The molecule has 0 atom stereocenters. The van der Waals surface area contributed by atoms with Gasteiger partial charge in [-0.05, 0) is 41.6 Å². The molecule has 4 nitrogen and oxygen atoms in total. The van der Waals surface area contributed by atoms with Gasteiger partial charge in [0.25, 0.3) is 11.1 Å². The zero-order valence-corrected chi connectivity index (χ0v) is 13.7. The maximum Gasteiger partial charge on any atom is 0.298 e. The summed E-state index contributed by atoms with van der Waals surface area (Å²) in [5, 5.41) is 0.161. The van der Waals surface area contributed by atoms with Crippen LogP contribution in [0.1, 0.15) is 5.56 Å². The molecule has 0 aromatic heterocycles. The number of rotatable bonds is 3. The van der Waals surface area contributed by atoms with Crippen molar-refractivity contribution < 1.29 is 14.3 Å². The van der Waals surface area contributed by atoms with E-state index in [9.17, 15) is 9.59 Å². The van der Waals surface area contributed by atoms with Gasteiger partial charge in [0, 0.05) is 5.02 Å². The average molecular weight is 346 g/mol. The molecule has 0 radical (unpaired) electrons. The van der Waals surface area contributed by atoms with Gasteiger partial charge in [-0.3, -0.25) is 9.59 Å². The number of hydrogen-bond acceptors (Lipinski definition) is 4. The number of imide groups is 1. The molecule has 0 aliphatic carbocycles. The highest BCUT2D eigenvalue weighted by molar-refractivity contribution is 8.19. The Morgan fingerprint density at radius 3 is 2.52 bits per heavy atom. The van der Waals surface area contributed by atoms with Crippen molar-refractivity contribution in [2.45, 2.75) is 0 Å². The Morgan fingerprint density at radius 2 is 1.78 bits per heavy atom. The minimum Gasteiger partial charge on any atom is -0.495 e. The van der Waals surface area contributed by atoms with Crippen LogP contribution in [0, 0.1) is 0 Å². The van der Waals surface area contributed by atoms with Crippen LogP contribution >= 0.6 is 23.4 Å².